The van der Waals surface area contributed by atoms with Crippen molar-refractivity contribution in [3.63, 3.8) is 0 Å². The summed E-state index contributed by atoms with van der Waals surface area (Å²) < 4.78 is 29.9. The van der Waals surface area contributed by atoms with Crippen LogP contribution in [0.25, 0.3) is 0 Å². The lowest BCUT2D eigenvalue weighted by atomic mass is 10.5. The Kier molecular flexibility index (Phi) is 2.10. The monoisotopic (exact) mass is 191 g/mol. The van der Waals surface area contributed by atoms with E-state index < -0.39 is 10.0 Å². The minimum Gasteiger partial charge on any atom is -0.379 e. The van der Waals surface area contributed by atoms with E-state index in [1.54, 1.807) is 4.31 Å². The van der Waals surface area contributed by atoms with Gasteiger partial charge in [0, 0.05) is 13.1 Å². The van der Waals surface area contributed by atoms with E-state index in [-0.39, 0.29) is 5.25 Å². The minimum absolute atomic E-state index is 0.0735. The van der Waals surface area contributed by atoms with Crippen molar-refractivity contribution < 1.29 is 13.2 Å². The quantitative estimate of drug-likeness (QED) is 0.608. The molecular weight excluding hydrogens is 178 g/mol. The lowest BCUT2D eigenvalue weighted by Crippen LogP contribution is -2.42. The molecule has 2 rings (SSSR count). The number of hydrogen-bond acceptors (Lipinski definition) is 3. The van der Waals surface area contributed by atoms with Crippen molar-refractivity contribution in [2.75, 3.05) is 26.3 Å². The van der Waals surface area contributed by atoms with Crippen molar-refractivity contribution in [3.05, 3.63) is 0 Å². The van der Waals surface area contributed by atoms with Crippen LogP contribution in [-0.4, -0.2) is 44.3 Å². The van der Waals surface area contributed by atoms with Gasteiger partial charge in [0.05, 0.1) is 18.5 Å². The number of nitrogens with zero attached hydrogens (tertiary/aromatic N) is 1. The lowest BCUT2D eigenvalue weighted by Gasteiger charge is -2.25. The van der Waals surface area contributed by atoms with Gasteiger partial charge in [-0.25, -0.2) is 8.42 Å². The van der Waals surface area contributed by atoms with E-state index in [2.05, 4.69) is 0 Å². The molecule has 12 heavy (non-hydrogen) atoms. The highest BCUT2D eigenvalue weighted by molar-refractivity contribution is 7.90. The standard InChI is InChI=1S/C7H13NO3S/c9-12(10,7-1-2-7)8-3-5-11-6-4-8/h7H,1-6H2. The lowest BCUT2D eigenvalue weighted by molar-refractivity contribution is 0.0729. The molecule has 1 aliphatic carbocycles. The van der Waals surface area contributed by atoms with Gasteiger partial charge in [0.25, 0.3) is 0 Å². The van der Waals surface area contributed by atoms with E-state index in [9.17, 15) is 8.42 Å². The summed E-state index contributed by atoms with van der Waals surface area (Å²) in [7, 11) is -2.94. The molecule has 70 valence electrons. The zero-order valence-electron chi connectivity index (χ0n) is 6.90. The van der Waals surface area contributed by atoms with Gasteiger partial charge in [-0.15, -0.1) is 0 Å². The Balaban J connectivity index is 2.05. The summed E-state index contributed by atoms with van der Waals surface area (Å²) in [6.45, 7) is 2.18. The summed E-state index contributed by atoms with van der Waals surface area (Å²) in [6.07, 6.45) is 1.69. The molecule has 0 amide bonds. The van der Waals surface area contributed by atoms with Gasteiger partial charge in [0.2, 0.25) is 10.0 Å². The first-order valence-electron chi connectivity index (χ1n) is 4.28. The largest absolute Gasteiger partial charge is 0.379 e. The molecule has 0 unspecified atom stereocenters. The van der Waals surface area contributed by atoms with Crippen LogP contribution < -0.4 is 0 Å². The second kappa shape index (κ2) is 2.97. The predicted molar refractivity (Wildman–Crippen MR) is 44.3 cm³/mol. The van der Waals surface area contributed by atoms with Gasteiger partial charge in [-0.1, -0.05) is 0 Å². The summed E-state index contributed by atoms with van der Waals surface area (Å²) in [5.41, 5.74) is 0. The van der Waals surface area contributed by atoms with E-state index in [0.29, 0.717) is 26.3 Å². The van der Waals surface area contributed by atoms with Crippen molar-refractivity contribution >= 4 is 10.0 Å². The van der Waals surface area contributed by atoms with E-state index in [0.717, 1.165) is 12.8 Å². The van der Waals surface area contributed by atoms with Gasteiger partial charge < -0.3 is 4.74 Å². The Morgan fingerprint density at radius 1 is 1.17 bits per heavy atom. The highest BCUT2D eigenvalue weighted by Crippen LogP contribution is 2.31. The molecule has 0 aromatic carbocycles. The Hall–Kier alpha value is -0.130. The number of sulfonamides is 1. The average Bonchev–Trinajstić information content (AvgIpc) is 2.88. The first-order valence-corrected chi connectivity index (χ1v) is 5.78. The fourth-order valence-corrected chi connectivity index (χ4v) is 3.19. The summed E-state index contributed by atoms with van der Waals surface area (Å²) in [5.74, 6) is 0. The Labute approximate surface area is 72.6 Å². The molecule has 2 fully saturated rings. The molecule has 4 nitrogen and oxygen atoms in total. The number of morpholine rings is 1. The van der Waals surface area contributed by atoms with Crippen LogP contribution in [0, 0.1) is 0 Å². The van der Waals surface area contributed by atoms with Crippen molar-refractivity contribution in [2.24, 2.45) is 0 Å². The predicted octanol–water partition coefficient (Wildman–Crippen LogP) is -0.189. The van der Waals surface area contributed by atoms with Crippen LogP contribution in [0.4, 0.5) is 0 Å². The van der Waals surface area contributed by atoms with Crippen LogP contribution in [-0.2, 0) is 14.8 Å². The zero-order chi connectivity index (χ0) is 8.60. The maximum atomic E-state index is 11.6. The minimum atomic E-state index is -2.94. The highest BCUT2D eigenvalue weighted by atomic mass is 32.2. The van der Waals surface area contributed by atoms with E-state index in [1.807, 2.05) is 0 Å². The Morgan fingerprint density at radius 2 is 1.75 bits per heavy atom. The fraction of sp³-hybridized carbons (Fsp3) is 1.00. The smallest absolute Gasteiger partial charge is 0.217 e. The van der Waals surface area contributed by atoms with Gasteiger partial charge in [0.15, 0.2) is 0 Å². The fourth-order valence-electron chi connectivity index (χ4n) is 1.38. The van der Waals surface area contributed by atoms with Gasteiger partial charge in [-0.3, -0.25) is 0 Å². The van der Waals surface area contributed by atoms with E-state index in [4.69, 9.17) is 4.74 Å². The van der Waals surface area contributed by atoms with Crippen LogP contribution in [0.5, 0.6) is 0 Å². The van der Waals surface area contributed by atoms with Crippen LogP contribution in [0.2, 0.25) is 0 Å². The Bertz CT molecular complexity index is 252. The zero-order valence-corrected chi connectivity index (χ0v) is 7.72. The molecular formula is C7H13NO3S. The van der Waals surface area contributed by atoms with Gasteiger partial charge in [-0.2, -0.15) is 4.31 Å². The number of hydrogen-bond donors (Lipinski definition) is 0. The molecule has 0 N–H and O–H groups in total. The maximum absolute atomic E-state index is 11.6. The molecule has 1 aliphatic heterocycles. The van der Waals surface area contributed by atoms with Crippen molar-refractivity contribution in [3.8, 4) is 0 Å². The third-order valence-electron chi connectivity index (χ3n) is 2.28. The third-order valence-corrected chi connectivity index (χ3v) is 4.67. The molecule has 0 radical (unpaired) electrons. The van der Waals surface area contributed by atoms with Crippen LogP contribution in [0.3, 0.4) is 0 Å². The van der Waals surface area contributed by atoms with Crippen LogP contribution in [0.1, 0.15) is 12.8 Å². The molecule has 0 bridgehead atoms. The second-order valence-corrected chi connectivity index (χ2v) is 5.47. The molecule has 2 aliphatic rings. The number of ether oxygens (including phenoxy) is 1. The third kappa shape index (κ3) is 1.48. The second-order valence-electron chi connectivity index (χ2n) is 3.26. The van der Waals surface area contributed by atoms with Crippen molar-refractivity contribution in [1.82, 2.24) is 4.31 Å². The van der Waals surface area contributed by atoms with E-state index >= 15 is 0 Å². The van der Waals surface area contributed by atoms with Crippen LogP contribution in [0.15, 0.2) is 0 Å². The normalized spacial score (nSPS) is 27.3. The first kappa shape index (κ1) is 8.47. The molecule has 1 saturated heterocycles. The molecule has 5 heteroatoms. The Morgan fingerprint density at radius 3 is 2.25 bits per heavy atom. The molecule has 0 spiro atoms. The van der Waals surface area contributed by atoms with Gasteiger partial charge >= 0.3 is 0 Å². The van der Waals surface area contributed by atoms with Crippen LogP contribution >= 0.6 is 0 Å². The summed E-state index contributed by atoms with van der Waals surface area (Å²) in [5, 5.41) is -0.0735. The molecule has 0 aromatic rings. The highest BCUT2D eigenvalue weighted by Gasteiger charge is 2.40. The summed E-state index contributed by atoms with van der Waals surface area (Å²) in [4.78, 5) is 0. The molecule has 1 heterocycles. The van der Waals surface area contributed by atoms with Gasteiger partial charge in [-0.05, 0) is 12.8 Å². The van der Waals surface area contributed by atoms with E-state index in [1.165, 1.54) is 0 Å². The molecule has 0 aromatic heterocycles. The van der Waals surface area contributed by atoms with Crippen molar-refractivity contribution in [2.45, 2.75) is 18.1 Å². The molecule has 0 atom stereocenters. The first-order chi connectivity index (χ1) is 5.71. The van der Waals surface area contributed by atoms with Gasteiger partial charge in [0.1, 0.15) is 0 Å². The molecule has 1 saturated carbocycles. The van der Waals surface area contributed by atoms with Crippen molar-refractivity contribution in [1.29, 1.82) is 0 Å². The summed E-state index contributed by atoms with van der Waals surface area (Å²) in [6, 6.07) is 0. The number of rotatable bonds is 2. The maximum Gasteiger partial charge on any atom is 0.217 e. The topological polar surface area (TPSA) is 46.6 Å². The summed E-state index contributed by atoms with van der Waals surface area (Å²) >= 11 is 0. The SMILES string of the molecule is O=S(=O)(C1CC1)N1CCOCC1. The average molecular weight is 191 g/mol.